The third kappa shape index (κ3) is 3.90. The van der Waals surface area contributed by atoms with E-state index in [4.69, 9.17) is 28.9 Å². The molecule has 4 nitrogen and oxygen atoms in total. The normalized spacial score (nSPS) is 13.0. The van der Waals surface area contributed by atoms with E-state index < -0.39 is 10.0 Å². The molecule has 0 bridgehead atoms. The van der Waals surface area contributed by atoms with Gasteiger partial charge < -0.3 is 5.73 Å². The van der Waals surface area contributed by atoms with Crippen LogP contribution in [0.2, 0.25) is 10.0 Å². The molecule has 0 amide bonds. The number of aryl methyl sites for hydroxylation is 1. The summed E-state index contributed by atoms with van der Waals surface area (Å²) < 4.78 is 26.9. The van der Waals surface area contributed by atoms with E-state index in [2.05, 4.69) is 0 Å². The van der Waals surface area contributed by atoms with Crippen LogP contribution in [0.1, 0.15) is 25.0 Å². The lowest BCUT2D eigenvalue weighted by Gasteiger charge is -2.29. The van der Waals surface area contributed by atoms with Crippen LogP contribution in [0.4, 0.5) is 0 Å². The first-order valence-corrected chi connectivity index (χ1v) is 8.75. The van der Waals surface area contributed by atoms with E-state index in [1.807, 2.05) is 13.8 Å². The van der Waals surface area contributed by atoms with Crippen molar-refractivity contribution in [1.82, 2.24) is 4.31 Å². The maximum absolute atomic E-state index is 12.8. The highest BCUT2D eigenvalue weighted by Crippen LogP contribution is 2.35. The van der Waals surface area contributed by atoms with E-state index in [1.165, 1.54) is 11.4 Å². The molecule has 7 heteroatoms. The summed E-state index contributed by atoms with van der Waals surface area (Å²) >= 11 is 12.3. The van der Waals surface area contributed by atoms with Gasteiger partial charge in [-0.25, -0.2) is 12.7 Å². The first-order chi connectivity index (χ1) is 9.44. The van der Waals surface area contributed by atoms with Gasteiger partial charge in [0.1, 0.15) is 4.90 Å². The number of rotatable bonds is 5. The summed E-state index contributed by atoms with van der Waals surface area (Å²) in [6.45, 7) is 7.90. The average Bonchev–Trinajstić information content (AvgIpc) is 2.36. The fraction of sp³-hybridized carbons (Fsp3) is 0.571. The van der Waals surface area contributed by atoms with Crippen molar-refractivity contribution in [3.63, 3.8) is 0 Å². The first kappa shape index (κ1) is 18.7. The van der Waals surface area contributed by atoms with Gasteiger partial charge in [0.2, 0.25) is 10.0 Å². The minimum atomic E-state index is -3.73. The lowest BCUT2D eigenvalue weighted by Crippen LogP contribution is -2.40. The molecule has 1 rings (SSSR count). The quantitative estimate of drug-likeness (QED) is 0.884. The molecule has 21 heavy (non-hydrogen) atoms. The summed E-state index contributed by atoms with van der Waals surface area (Å²) in [5, 5.41) is 0.608. The molecular formula is C14H22Cl2N2O2S. The van der Waals surface area contributed by atoms with Crippen LogP contribution in [0, 0.1) is 19.3 Å². The van der Waals surface area contributed by atoms with Crippen molar-refractivity contribution in [2.24, 2.45) is 11.1 Å². The van der Waals surface area contributed by atoms with E-state index in [-0.39, 0.29) is 15.3 Å². The Morgan fingerprint density at radius 3 is 2.29 bits per heavy atom. The van der Waals surface area contributed by atoms with Gasteiger partial charge in [0, 0.05) is 18.6 Å². The second-order valence-corrected chi connectivity index (χ2v) is 8.84. The molecule has 1 aromatic rings. The number of nitrogens with two attached hydrogens (primary N) is 1. The predicted molar refractivity (Wildman–Crippen MR) is 88.6 cm³/mol. The minimum Gasteiger partial charge on any atom is -0.330 e. The molecule has 0 aromatic heterocycles. The second kappa shape index (κ2) is 6.42. The van der Waals surface area contributed by atoms with Crippen LogP contribution < -0.4 is 5.73 Å². The van der Waals surface area contributed by atoms with Crippen LogP contribution in [-0.4, -0.2) is 32.9 Å². The molecule has 2 N–H and O–H groups in total. The number of hydrogen-bond donors (Lipinski definition) is 1. The van der Waals surface area contributed by atoms with Crippen LogP contribution >= 0.6 is 23.2 Å². The molecule has 0 aliphatic carbocycles. The van der Waals surface area contributed by atoms with Gasteiger partial charge in [-0.1, -0.05) is 37.0 Å². The lowest BCUT2D eigenvalue weighted by atomic mass is 9.94. The Labute approximate surface area is 137 Å². The van der Waals surface area contributed by atoms with Gasteiger partial charge in [0.05, 0.1) is 5.02 Å². The van der Waals surface area contributed by atoms with E-state index in [0.29, 0.717) is 29.2 Å². The lowest BCUT2D eigenvalue weighted by molar-refractivity contribution is 0.292. The molecule has 0 aliphatic rings. The maximum Gasteiger partial charge on any atom is 0.244 e. The number of hydrogen-bond acceptors (Lipinski definition) is 3. The molecule has 0 heterocycles. The Morgan fingerprint density at radius 2 is 1.81 bits per heavy atom. The highest BCUT2D eigenvalue weighted by Gasteiger charge is 2.31. The molecule has 0 fully saturated rings. The fourth-order valence-corrected chi connectivity index (χ4v) is 4.55. The van der Waals surface area contributed by atoms with Gasteiger partial charge in [0.15, 0.2) is 0 Å². The van der Waals surface area contributed by atoms with Crippen molar-refractivity contribution in [2.75, 3.05) is 20.1 Å². The van der Waals surface area contributed by atoms with Crippen molar-refractivity contribution in [1.29, 1.82) is 0 Å². The summed E-state index contributed by atoms with van der Waals surface area (Å²) in [7, 11) is -2.20. The molecule has 1 aromatic carbocycles. The highest BCUT2D eigenvalue weighted by atomic mass is 35.5. The molecule has 120 valence electrons. The van der Waals surface area contributed by atoms with Gasteiger partial charge in [-0.2, -0.15) is 0 Å². The zero-order valence-corrected chi connectivity index (χ0v) is 15.3. The van der Waals surface area contributed by atoms with Crippen molar-refractivity contribution < 1.29 is 8.42 Å². The first-order valence-electron chi connectivity index (χ1n) is 6.55. The van der Waals surface area contributed by atoms with Crippen molar-refractivity contribution in [2.45, 2.75) is 32.6 Å². The highest BCUT2D eigenvalue weighted by molar-refractivity contribution is 7.89. The van der Waals surface area contributed by atoms with Gasteiger partial charge in [-0.15, -0.1) is 0 Å². The predicted octanol–water partition coefficient (Wildman–Crippen LogP) is 3.22. The summed E-state index contributed by atoms with van der Waals surface area (Å²) in [6, 6.07) is 1.67. The molecule has 0 saturated heterocycles. The summed E-state index contributed by atoms with van der Waals surface area (Å²) in [4.78, 5) is 0.0736. The molecule has 0 spiro atoms. The van der Waals surface area contributed by atoms with E-state index in [0.717, 1.165) is 0 Å². The smallest absolute Gasteiger partial charge is 0.244 e. The van der Waals surface area contributed by atoms with Crippen molar-refractivity contribution in [3.05, 3.63) is 27.2 Å². The maximum atomic E-state index is 12.8. The van der Waals surface area contributed by atoms with Gasteiger partial charge >= 0.3 is 0 Å². The monoisotopic (exact) mass is 352 g/mol. The fourth-order valence-electron chi connectivity index (χ4n) is 2.03. The van der Waals surface area contributed by atoms with Crippen LogP contribution in [0.3, 0.4) is 0 Å². The Morgan fingerprint density at radius 1 is 1.29 bits per heavy atom. The van der Waals surface area contributed by atoms with E-state index in [1.54, 1.807) is 19.9 Å². The van der Waals surface area contributed by atoms with Gasteiger partial charge in [-0.05, 0) is 43.0 Å². The molecule has 0 saturated carbocycles. The summed E-state index contributed by atoms with van der Waals surface area (Å²) in [6.07, 6.45) is 0. The number of benzene rings is 1. The Hall–Kier alpha value is -0.330. The van der Waals surface area contributed by atoms with Crippen LogP contribution in [-0.2, 0) is 10.0 Å². The third-order valence-corrected chi connectivity index (χ3v) is 6.43. The zero-order valence-electron chi connectivity index (χ0n) is 13.0. The summed E-state index contributed by atoms with van der Waals surface area (Å²) in [5.74, 6) is 0. The van der Waals surface area contributed by atoms with Crippen LogP contribution in [0.5, 0.6) is 0 Å². The topological polar surface area (TPSA) is 63.4 Å². The SMILES string of the molecule is Cc1cc(Cl)c(C)c(S(=O)(=O)N(C)CC(C)(C)CN)c1Cl. The number of halogens is 2. The Bertz CT molecular complexity index is 617. The minimum absolute atomic E-state index is 0.0736. The van der Waals surface area contributed by atoms with E-state index in [9.17, 15) is 8.42 Å². The van der Waals surface area contributed by atoms with E-state index >= 15 is 0 Å². The average molecular weight is 353 g/mol. The van der Waals surface area contributed by atoms with Gasteiger partial charge in [0.25, 0.3) is 0 Å². The largest absolute Gasteiger partial charge is 0.330 e. The van der Waals surface area contributed by atoms with Crippen molar-refractivity contribution >= 4 is 33.2 Å². The standard InChI is InChI=1S/C14H22Cl2N2O2S/c1-9-6-11(15)10(2)13(12(9)16)21(19,20)18(5)8-14(3,4)7-17/h6H,7-8,17H2,1-5H3. The molecule has 0 unspecified atom stereocenters. The number of sulfonamides is 1. The Kier molecular flexibility index (Phi) is 5.73. The third-order valence-electron chi connectivity index (χ3n) is 3.46. The van der Waals surface area contributed by atoms with Gasteiger partial charge in [-0.3, -0.25) is 0 Å². The van der Waals surface area contributed by atoms with Crippen molar-refractivity contribution in [3.8, 4) is 0 Å². The summed E-state index contributed by atoms with van der Waals surface area (Å²) in [5.41, 5.74) is 6.45. The Balaban J connectivity index is 3.39. The molecule has 0 aliphatic heterocycles. The van der Waals surface area contributed by atoms with Crippen LogP contribution in [0.15, 0.2) is 11.0 Å². The number of nitrogens with zero attached hydrogens (tertiary/aromatic N) is 1. The molecule has 0 radical (unpaired) electrons. The molecule has 0 atom stereocenters. The van der Waals surface area contributed by atoms with Crippen LogP contribution in [0.25, 0.3) is 0 Å². The zero-order chi connectivity index (χ0) is 16.6. The molecular weight excluding hydrogens is 331 g/mol. The second-order valence-electron chi connectivity index (χ2n) is 6.07.